The minimum Gasteiger partial charge on any atom is -0.390 e. The van der Waals surface area contributed by atoms with E-state index in [0.29, 0.717) is 5.69 Å². The first-order chi connectivity index (χ1) is 14.3. The maximum absolute atomic E-state index is 9.22. The Hall–Kier alpha value is -2.55. The summed E-state index contributed by atoms with van der Waals surface area (Å²) < 4.78 is 7.31. The van der Waals surface area contributed by atoms with Crippen molar-refractivity contribution in [2.45, 2.75) is 59.3 Å². The van der Waals surface area contributed by atoms with Crippen molar-refractivity contribution < 1.29 is 9.84 Å². The number of aliphatic hydroxyl groups is 1. The van der Waals surface area contributed by atoms with Crippen LogP contribution in [-0.2, 0) is 11.3 Å². The molecule has 8 heteroatoms. The molecule has 0 aromatic carbocycles. The van der Waals surface area contributed by atoms with E-state index in [-0.39, 0.29) is 30.0 Å². The first kappa shape index (κ1) is 22.1. The summed E-state index contributed by atoms with van der Waals surface area (Å²) in [7, 11) is 0. The maximum Gasteiger partial charge on any atom is 0.147 e. The number of nitrogens with zero attached hydrogens (tertiary/aromatic N) is 4. The second-order valence-electron chi connectivity index (χ2n) is 7.88. The van der Waals surface area contributed by atoms with Gasteiger partial charge in [-0.25, -0.2) is 14.5 Å². The van der Waals surface area contributed by atoms with Gasteiger partial charge in [0.2, 0.25) is 0 Å². The molecule has 3 aromatic rings. The van der Waals surface area contributed by atoms with E-state index in [2.05, 4.69) is 35.8 Å². The van der Waals surface area contributed by atoms with Gasteiger partial charge in [0.25, 0.3) is 0 Å². The molecule has 8 nitrogen and oxygen atoms in total. The summed E-state index contributed by atoms with van der Waals surface area (Å²) in [4.78, 5) is 8.61. The fourth-order valence-electron chi connectivity index (χ4n) is 3.95. The Labute approximate surface area is 177 Å². The van der Waals surface area contributed by atoms with E-state index in [1.54, 1.807) is 10.7 Å². The Bertz CT molecular complexity index is 998. The highest BCUT2D eigenvalue weighted by atomic mass is 16.5. The Balaban J connectivity index is 0.000000199. The molecule has 0 bridgehead atoms. The molecule has 5 N–H and O–H groups in total. The smallest absolute Gasteiger partial charge is 0.147 e. The molecule has 0 amide bonds. The summed E-state index contributed by atoms with van der Waals surface area (Å²) in [6, 6.07) is 6.03. The zero-order chi connectivity index (χ0) is 21.9. The molecule has 0 spiro atoms. The van der Waals surface area contributed by atoms with Crippen molar-refractivity contribution in [2.24, 2.45) is 11.1 Å². The van der Waals surface area contributed by atoms with Crippen LogP contribution in [0, 0.1) is 12.3 Å². The van der Waals surface area contributed by atoms with Gasteiger partial charge in [-0.1, -0.05) is 13.8 Å². The standard InChI is InChI=1S/C13H13N5O.C9H19NO/c1-8-12(17-11(7-19)13(14)16-8)9-3-5-18-10(6-9)2-4-15-18;1-4-9(5-2)6-11-7(3)8(9)10/h2-6,19H,7H2,1H3,(H2,14,16);7-8H,4-6,10H2,1-3H3/t;7-,8+/m.0/s1. The van der Waals surface area contributed by atoms with Crippen LogP contribution in [0.25, 0.3) is 16.8 Å². The van der Waals surface area contributed by atoms with Crippen molar-refractivity contribution in [2.75, 3.05) is 12.3 Å². The molecule has 0 saturated carbocycles. The number of aromatic nitrogens is 4. The monoisotopic (exact) mass is 412 g/mol. The summed E-state index contributed by atoms with van der Waals surface area (Å²) >= 11 is 0. The normalized spacial score (nSPS) is 20.2. The van der Waals surface area contributed by atoms with E-state index in [4.69, 9.17) is 16.2 Å². The van der Waals surface area contributed by atoms with Gasteiger partial charge < -0.3 is 21.3 Å². The van der Waals surface area contributed by atoms with E-state index in [1.165, 1.54) is 0 Å². The number of anilines is 1. The molecule has 3 aromatic heterocycles. The molecule has 4 heterocycles. The van der Waals surface area contributed by atoms with Crippen LogP contribution < -0.4 is 11.5 Å². The van der Waals surface area contributed by atoms with E-state index in [0.717, 1.165) is 41.9 Å². The molecule has 0 radical (unpaired) electrons. The van der Waals surface area contributed by atoms with Crippen molar-refractivity contribution in [1.29, 1.82) is 0 Å². The van der Waals surface area contributed by atoms with Gasteiger partial charge in [-0.05, 0) is 44.9 Å². The molecule has 162 valence electrons. The number of ether oxygens (including phenoxy) is 1. The van der Waals surface area contributed by atoms with E-state index in [9.17, 15) is 5.11 Å². The van der Waals surface area contributed by atoms with Gasteiger partial charge in [0.1, 0.15) is 11.5 Å². The van der Waals surface area contributed by atoms with E-state index in [1.807, 2.05) is 31.3 Å². The van der Waals surface area contributed by atoms with Crippen molar-refractivity contribution in [3.8, 4) is 11.3 Å². The number of aryl methyl sites for hydroxylation is 1. The van der Waals surface area contributed by atoms with Crippen molar-refractivity contribution in [3.05, 3.63) is 42.0 Å². The Morgan fingerprint density at radius 3 is 2.57 bits per heavy atom. The largest absolute Gasteiger partial charge is 0.390 e. The summed E-state index contributed by atoms with van der Waals surface area (Å²) in [5, 5.41) is 13.4. The lowest BCUT2D eigenvalue weighted by Crippen LogP contribution is -2.42. The van der Waals surface area contributed by atoms with E-state index >= 15 is 0 Å². The summed E-state index contributed by atoms with van der Waals surface area (Å²) in [5.74, 6) is 0.272. The number of nitrogens with two attached hydrogens (primary N) is 2. The van der Waals surface area contributed by atoms with Crippen molar-refractivity contribution >= 4 is 11.3 Å². The second kappa shape index (κ2) is 9.07. The van der Waals surface area contributed by atoms with Crippen LogP contribution in [0.3, 0.4) is 0 Å². The van der Waals surface area contributed by atoms with E-state index < -0.39 is 0 Å². The van der Waals surface area contributed by atoms with Crippen LogP contribution in [0.1, 0.15) is 45.0 Å². The zero-order valence-corrected chi connectivity index (χ0v) is 18.2. The molecule has 0 aliphatic carbocycles. The first-order valence-corrected chi connectivity index (χ1v) is 10.4. The molecule has 0 unspecified atom stereocenters. The fourth-order valence-corrected chi connectivity index (χ4v) is 3.95. The van der Waals surface area contributed by atoms with Crippen LogP contribution in [0.2, 0.25) is 0 Å². The highest BCUT2D eigenvalue weighted by Crippen LogP contribution is 2.37. The fraction of sp³-hybridized carbons (Fsp3) is 0.500. The predicted octanol–water partition coefficient (Wildman–Crippen LogP) is 2.71. The molecule has 2 atom stereocenters. The van der Waals surface area contributed by atoms with Gasteiger partial charge >= 0.3 is 0 Å². The minimum absolute atomic E-state index is 0.221. The Kier molecular flexibility index (Phi) is 6.70. The number of rotatable bonds is 4. The lowest BCUT2D eigenvalue weighted by Gasteiger charge is -2.29. The summed E-state index contributed by atoms with van der Waals surface area (Å²) in [5.41, 5.74) is 15.8. The predicted molar refractivity (Wildman–Crippen MR) is 118 cm³/mol. The first-order valence-electron chi connectivity index (χ1n) is 10.4. The third kappa shape index (κ3) is 4.16. The van der Waals surface area contributed by atoms with Gasteiger partial charge in [0, 0.05) is 29.4 Å². The molecule has 1 saturated heterocycles. The highest BCUT2D eigenvalue weighted by molar-refractivity contribution is 5.68. The van der Waals surface area contributed by atoms with Crippen molar-refractivity contribution in [1.82, 2.24) is 19.6 Å². The lowest BCUT2D eigenvalue weighted by atomic mass is 9.77. The molecular formula is C22H32N6O2. The zero-order valence-electron chi connectivity index (χ0n) is 18.2. The number of nitrogen functional groups attached to an aromatic ring is 1. The average Bonchev–Trinajstić information content (AvgIpc) is 3.33. The van der Waals surface area contributed by atoms with Gasteiger partial charge in [-0.15, -0.1) is 0 Å². The molecule has 1 aliphatic rings. The quantitative estimate of drug-likeness (QED) is 0.602. The molecular weight excluding hydrogens is 380 g/mol. The lowest BCUT2D eigenvalue weighted by molar-refractivity contribution is 0.102. The van der Waals surface area contributed by atoms with Crippen LogP contribution in [0.4, 0.5) is 5.82 Å². The van der Waals surface area contributed by atoms with Crippen LogP contribution in [0.5, 0.6) is 0 Å². The number of hydrogen-bond acceptors (Lipinski definition) is 7. The maximum atomic E-state index is 9.22. The molecule has 1 fully saturated rings. The van der Waals surface area contributed by atoms with Gasteiger partial charge in [0.05, 0.1) is 36.2 Å². The highest BCUT2D eigenvalue weighted by Gasteiger charge is 2.42. The number of pyridine rings is 1. The minimum atomic E-state index is -0.221. The molecule has 4 rings (SSSR count). The Morgan fingerprint density at radius 2 is 2.00 bits per heavy atom. The number of aliphatic hydroxyl groups excluding tert-OH is 1. The summed E-state index contributed by atoms with van der Waals surface area (Å²) in [6.45, 7) is 8.94. The molecule has 30 heavy (non-hydrogen) atoms. The summed E-state index contributed by atoms with van der Waals surface area (Å²) in [6.07, 6.45) is 6.11. The number of hydrogen-bond donors (Lipinski definition) is 3. The third-order valence-electron chi connectivity index (χ3n) is 6.25. The van der Waals surface area contributed by atoms with Crippen molar-refractivity contribution in [3.63, 3.8) is 0 Å². The number of fused-ring (bicyclic) bond motifs is 1. The Morgan fingerprint density at radius 1 is 1.27 bits per heavy atom. The second-order valence-corrected chi connectivity index (χ2v) is 7.88. The van der Waals surface area contributed by atoms with Gasteiger partial charge in [-0.3, -0.25) is 0 Å². The van der Waals surface area contributed by atoms with Crippen LogP contribution in [0.15, 0.2) is 30.6 Å². The third-order valence-corrected chi connectivity index (χ3v) is 6.25. The average molecular weight is 413 g/mol. The van der Waals surface area contributed by atoms with Crippen LogP contribution >= 0.6 is 0 Å². The SMILES string of the molecule is CCC1(CC)CO[C@@H](C)[C@H]1N.Cc1nc(N)c(CO)nc1-c1ccn2nccc2c1. The van der Waals surface area contributed by atoms with Crippen LogP contribution in [-0.4, -0.2) is 43.4 Å². The molecule has 1 aliphatic heterocycles. The van der Waals surface area contributed by atoms with Gasteiger partial charge in [0.15, 0.2) is 0 Å². The van der Waals surface area contributed by atoms with Gasteiger partial charge in [-0.2, -0.15) is 5.10 Å². The topological polar surface area (TPSA) is 125 Å².